The lowest BCUT2D eigenvalue weighted by Crippen LogP contribution is -2.22. The van der Waals surface area contributed by atoms with Crippen LogP contribution in [0.3, 0.4) is 0 Å². The summed E-state index contributed by atoms with van der Waals surface area (Å²) in [6.07, 6.45) is 0. The lowest BCUT2D eigenvalue weighted by Gasteiger charge is -2.11. The first-order chi connectivity index (χ1) is 11.5. The van der Waals surface area contributed by atoms with Crippen LogP contribution in [0.4, 0.5) is 5.69 Å². The lowest BCUT2D eigenvalue weighted by molar-refractivity contribution is -0.115. The number of nitriles is 1. The molecule has 0 radical (unpaired) electrons. The van der Waals surface area contributed by atoms with E-state index in [1.54, 1.807) is 36.0 Å². The first-order valence-electron chi connectivity index (χ1n) is 7.42. The fourth-order valence-corrected chi connectivity index (χ4v) is 4.81. The van der Waals surface area contributed by atoms with Crippen LogP contribution in [0.25, 0.3) is 0 Å². The van der Waals surface area contributed by atoms with E-state index in [9.17, 15) is 4.79 Å². The van der Waals surface area contributed by atoms with Crippen LogP contribution in [0.5, 0.6) is 0 Å². The molecule has 2 rings (SSSR count). The van der Waals surface area contributed by atoms with E-state index >= 15 is 0 Å². The number of nitrogens with one attached hydrogen (secondary N) is 1. The highest BCUT2D eigenvalue weighted by Gasteiger charge is 2.18. The van der Waals surface area contributed by atoms with Crippen LogP contribution < -0.4 is 5.32 Å². The van der Waals surface area contributed by atoms with Crippen molar-refractivity contribution in [3.8, 4) is 6.07 Å². The molecule has 2 aromatic rings. The van der Waals surface area contributed by atoms with Gasteiger partial charge in [0.25, 0.3) is 0 Å². The van der Waals surface area contributed by atoms with Gasteiger partial charge in [0.05, 0.1) is 16.5 Å². The predicted molar refractivity (Wildman–Crippen MR) is 101 cm³/mol. The highest BCUT2D eigenvalue weighted by atomic mass is 32.2. The van der Waals surface area contributed by atoms with Crippen LogP contribution >= 0.6 is 34.9 Å². The molecule has 0 aliphatic heterocycles. The van der Waals surface area contributed by atoms with Crippen molar-refractivity contribution in [2.24, 2.45) is 5.92 Å². The van der Waals surface area contributed by atoms with E-state index in [1.165, 1.54) is 23.1 Å². The molecule has 1 atom stereocenters. The second-order valence-corrected chi connectivity index (χ2v) is 9.28. The Morgan fingerprint density at radius 1 is 1.29 bits per heavy atom. The fraction of sp³-hybridized carbons (Fsp3) is 0.375. The quantitative estimate of drug-likeness (QED) is 0.725. The van der Waals surface area contributed by atoms with E-state index < -0.39 is 0 Å². The molecule has 0 aliphatic rings. The zero-order valence-electron chi connectivity index (χ0n) is 13.6. The summed E-state index contributed by atoms with van der Waals surface area (Å²) in [5.74, 6) is 1.44. The van der Waals surface area contributed by atoms with Gasteiger partial charge in [0.1, 0.15) is 6.07 Å². The van der Waals surface area contributed by atoms with Gasteiger partial charge < -0.3 is 5.32 Å². The Balaban J connectivity index is 1.93. The minimum Gasteiger partial charge on any atom is -0.324 e. The third kappa shape index (κ3) is 5.51. The van der Waals surface area contributed by atoms with Gasteiger partial charge in [-0.15, -0.1) is 10.2 Å². The normalized spacial score (nSPS) is 12.0. The van der Waals surface area contributed by atoms with E-state index in [0.717, 1.165) is 14.4 Å². The minimum absolute atomic E-state index is 0.158. The summed E-state index contributed by atoms with van der Waals surface area (Å²) in [6, 6.07) is 9.03. The topological polar surface area (TPSA) is 78.7 Å². The number of carbonyl (C=O) groups excluding carboxylic acids is 1. The number of aromatic nitrogens is 2. The highest BCUT2D eigenvalue weighted by Crippen LogP contribution is 2.32. The van der Waals surface area contributed by atoms with Crippen molar-refractivity contribution < 1.29 is 4.79 Å². The van der Waals surface area contributed by atoms with Gasteiger partial charge in [-0.1, -0.05) is 60.8 Å². The van der Waals surface area contributed by atoms with Gasteiger partial charge >= 0.3 is 0 Å². The molecule has 0 saturated carbocycles. The molecule has 5 nitrogen and oxygen atoms in total. The van der Waals surface area contributed by atoms with Gasteiger partial charge in [0, 0.05) is 5.75 Å². The number of benzene rings is 1. The number of amides is 1. The third-order valence-electron chi connectivity index (χ3n) is 2.88. The largest absolute Gasteiger partial charge is 0.324 e. The number of para-hydroxylation sites is 1. The van der Waals surface area contributed by atoms with Crippen LogP contribution in [-0.4, -0.2) is 27.1 Å². The summed E-state index contributed by atoms with van der Waals surface area (Å²) < 4.78 is 1.70. The predicted octanol–water partition coefficient (Wildman–Crippen LogP) is 4.28. The smallest absolute Gasteiger partial charge is 0.237 e. The van der Waals surface area contributed by atoms with Crippen molar-refractivity contribution in [1.82, 2.24) is 10.2 Å². The van der Waals surface area contributed by atoms with E-state index in [0.29, 0.717) is 17.2 Å². The molecule has 0 bridgehead atoms. The summed E-state index contributed by atoms with van der Waals surface area (Å²) in [7, 11) is 0. The van der Waals surface area contributed by atoms with E-state index in [-0.39, 0.29) is 11.2 Å². The van der Waals surface area contributed by atoms with Gasteiger partial charge in [-0.2, -0.15) is 5.26 Å². The molecule has 1 aromatic heterocycles. The van der Waals surface area contributed by atoms with E-state index in [4.69, 9.17) is 5.26 Å². The average molecular weight is 379 g/mol. The standard InChI is InChI=1S/C16H18N4OS3/c1-10(2)9-22-15-19-20-16(24-15)23-11(3)14(21)18-13-7-5-4-6-12(13)8-17/h4-7,10-11H,9H2,1-3H3,(H,18,21)/t11-/m1/s1. The molecule has 8 heteroatoms. The summed E-state index contributed by atoms with van der Waals surface area (Å²) in [5.41, 5.74) is 0.981. The second kappa shape index (κ2) is 9.06. The lowest BCUT2D eigenvalue weighted by atomic mass is 10.2. The highest BCUT2D eigenvalue weighted by molar-refractivity contribution is 8.03. The maximum Gasteiger partial charge on any atom is 0.237 e. The van der Waals surface area contributed by atoms with Crippen molar-refractivity contribution in [2.75, 3.05) is 11.1 Å². The number of hydrogen-bond acceptors (Lipinski definition) is 7. The minimum atomic E-state index is -0.326. The molecule has 126 valence electrons. The van der Waals surface area contributed by atoms with Gasteiger partial charge in [0.2, 0.25) is 5.91 Å². The molecular weight excluding hydrogens is 360 g/mol. The van der Waals surface area contributed by atoms with Crippen molar-refractivity contribution in [1.29, 1.82) is 5.26 Å². The third-order valence-corrected chi connectivity index (χ3v) is 6.55. The SMILES string of the molecule is CC(C)CSc1nnc(S[C@H](C)C(=O)Nc2ccccc2C#N)s1. The maximum absolute atomic E-state index is 12.3. The number of nitrogens with zero attached hydrogens (tertiary/aromatic N) is 3. The van der Waals surface area contributed by atoms with Crippen molar-refractivity contribution in [3.05, 3.63) is 29.8 Å². The molecule has 0 spiro atoms. The summed E-state index contributed by atoms with van der Waals surface area (Å²) in [6.45, 7) is 6.14. The van der Waals surface area contributed by atoms with Crippen molar-refractivity contribution in [3.63, 3.8) is 0 Å². The molecule has 1 heterocycles. The second-order valence-electron chi connectivity index (χ2n) is 5.45. The van der Waals surface area contributed by atoms with Gasteiger partial charge in [-0.05, 0) is 25.0 Å². The number of thioether (sulfide) groups is 2. The molecule has 0 saturated heterocycles. The maximum atomic E-state index is 12.3. The Morgan fingerprint density at radius 3 is 2.71 bits per heavy atom. The van der Waals surface area contributed by atoms with Gasteiger partial charge in [0.15, 0.2) is 8.68 Å². The molecule has 1 N–H and O–H groups in total. The Labute approximate surface area is 154 Å². The average Bonchev–Trinajstić information content (AvgIpc) is 3.00. The number of anilines is 1. The Morgan fingerprint density at radius 2 is 2.00 bits per heavy atom. The molecule has 24 heavy (non-hydrogen) atoms. The molecular formula is C16H18N4OS3. The van der Waals surface area contributed by atoms with Crippen LogP contribution in [-0.2, 0) is 4.79 Å². The Kier molecular flexibility index (Phi) is 7.09. The Bertz CT molecular complexity index is 739. The monoisotopic (exact) mass is 378 g/mol. The zero-order valence-corrected chi connectivity index (χ0v) is 16.1. The van der Waals surface area contributed by atoms with Crippen LogP contribution in [0.1, 0.15) is 26.3 Å². The summed E-state index contributed by atoms with van der Waals surface area (Å²) in [4.78, 5) is 12.3. The number of rotatable bonds is 7. The molecule has 0 aliphatic carbocycles. The molecule has 1 amide bonds. The summed E-state index contributed by atoms with van der Waals surface area (Å²) >= 11 is 4.57. The van der Waals surface area contributed by atoms with Crippen LogP contribution in [0, 0.1) is 17.2 Å². The number of hydrogen-bond donors (Lipinski definition) is 1. The van der Waals surface area contributed by atoms with Crippen molar-refractivity contribution >= 4 is 46.5 Å². The zero-order chi connectivity index (χ0) is 17.5. The van der Waals surface area contributed by atoms with Crippen LogP contribution in [0.15, 0.2) is 32.9 Å². The van der Waals surface area contributed by atoms with Gasteiger partial charge in [-0.3, -0.25) is 4.79 Å². The number of carbonyl (C=O) groups is 1. The summed E-state index contributed by atoms with van der Waals surface area (Å²) in [5, 5.41) is 19.8. The van der Waals surface area contributed by atoms with Crippen molar-refractivity contribution in [2.45, 2.75) is 34.7 Å². The fourth-order valence-electron chi connectivity index (χ4n) is 1.67. The van der Waals surface area contributed by atoms with Gasteiger partial charge in [-0.25, -0.2) is 0 Å². The van der Waals surface area contributed by atoms with E-state index in [1.807, 2.05) is 6.92 Å². The first-order valence-corrected chi connectivity index (χ1v) is 10.1. The molecule has 1 aromatic carbocycles. The molecule has 0 unspecified atom stereocenters. The Hall–Kier alpha value is -1.56. The molecule has 0 fully saturated rings. The first kappa shape index (κ1) is 18.8. The van der Waals surface area contributed by atoms with Crippen LogP contribution in [0.2, 0.25) is 0 Å². The van der Waals surface area contributed by atoms with E-state index in [2.05, 4.69) is 35.4 Å².